The molecule has 2 atom stereocenters. The Labute approximate surface area is 116 Å². The molecule has 0 aromatic heterocycles. The highest BCUT2D eigenvalue weighted by molar-refractivity contribution is 5.68. The van der Waals surface area contributed by atoms with Crippen molar-refractivity contribution >= 4 is 12.2 Å². The second-order valence-corrected chi connectivity index (χ2v) is 5.46. The molecule has 0 aromatic carbocycles. The summed E-state index contributed by atoms with van der Waals surface area (Å²) < 4.78 is 10.1. The molecule has 0 aliphatic carbocycles. The average molecular weight is 285 g/mol. The van der Waals surface area contributed by atoms with Crippen molar-refractivity contribution in [2.24, 2.45) is 10.8 Å². The van der Waals surface area contributed by atoms with E-state index in [0.717, 1.165) is 0 Å². The second kappa shape index (κ2) is 6.33. The molecule has 1 aliphatic heterocycles. The number of amides is 2. The number of piperidine rings is 1. The maximum Gasteiger partial charge on any atom is 0.410 e. The summed E-state index contributed by atoms with van der Waals surface area (Å²) in [6, 6.07) is -0.536. The molecule has 0 bridgehead atoms. The first-order valence-corrected chi connectivity index (χ1v) is 6.21. The maximum atomic E-state index is 11.9. The Kier molecular flexibility index (Phi) is 5.04. The Morgan fingerprint density at radius 1 is 1.45 bits per heavy atom. The Morgan fingerprint density at radius 2 is 2.10 bits per heavy atom. The van der Waals surface area contributed by atoms with Gasteiger partial charge in [0.05, 0.1) is 12.6 Å². The molecule has 0 aromatic rings. The van der Waals surface area contributed by atoms with Crippen LogP contribution in [0.15, 0.2) is 5.11 Å². The van der Waals surface area contributed by atoms with Gasteiger partial charge in [-0.2, -0.15) is 0 Å². The standard InChI is InChI=1S/C11H19N5O4/c1-11(2,3)20-10(18)16-5-4-7(14-15-13)8(6-16)19-9(12)17/h7-8H,4-6H2,1-3H3,(H2,12,17)/t7-,8+/m1/s1. The summed E-state index contributed by atoms with van der Waals surface area (Å²) in [6.45, 7) is 5.72. The van der Waals surface area contributed by atoms with E-state index < -0.39 is 29.9 Å². The van der Waals surface area contributed by atoms with Gasteiger partial charge in [-0.15, -0.1) is 0 Å². The SMILES string of the molecule is CC(C)(C)OC(=O)N1CC[C@@H](N=[N+]=[N-])[C@@H](OC(N)=O)C1. The van der Waals surface area contributed by atoms with Crippen LogP contribution in [0.2, 0.25) is 0 Å². The van der Waals surface area contributed by atoms with Crippen molar-refractivity contribution < 1.29 is 19.1 Å². The van der Waals surface area contributed by atoms with Crippen LogP contribution in [0, 0.1) is 0 Å². The first kappa shape index (κ1) is 15.9. The Hall–Kier alpha value is -2.15. The van der Waals surface area contributed by atoms with Crippen molar-refractivity contribution in [2.45, 2.75) is 44.9 Å². The monoisotopic (exact) mass is 285 g/mol. The Bertz CT molecular complexity index is 427. The summed E-state index contributed by atoms with van der Waals surface area (Å²) in [4.78, 5) is 26.9. The van der Waals surface area contributed by atoms with Crippen LogP contribution in [-0.4, -0.2) is 47.9 Å². The first-order valence-electron chi connectivity index (χ1n) is 6.21. The molecule has 0 spiro atoms. The fraction of sp³-hybridized carbons (Fsp3) is 0.818. The van der Waals surface area contributed by atoms with Crippen molar-refractivity contribution in [3.8, 4) is 0 Å². The molecule has 1 saturated heterocycles. The third-order valence-electron chi connectivity index (χ3n) is 2.64. The number of likely N-dealkylation sites (tertiary alicyclic amines) is 1. The normalized spacial score (nSPS) is 22.6. The van der Waals surface area contributed by atoms with Gasteiger partial charge in [-0.1, -0.05) is 5.11 Å². The van der Waals surface area contributed by atoms with Crippen molar-refractivity contribution in [3.05, 3.63) is 10.4 Å². The lowest BCUT2D eigenvalue weighted by molar-refractivity contribution is -0.00475. The third kappa shape index (κ3) is 4.85. The number of hydrogen-bond donors (Lipinski definition) is 1. The van der Waals surface area contributed by atoms with Gasteiger partial charge in [-0.05, 0) is 32.7 Å². The van der Waals surface area contributed by atoms with Crippen LogP contribution in [0.5, 0.6) is 0 Å². The zero-order valence-corrected chi connectivity index (χ0v) is 11.8. The van der Waals surface area contributed by atoms with Gasteiger partial charge in [0.2, 0.25) is 0 Å². The lowest BCUT2D eigenvalue weighted by atomic mass is 10.0. The Balaban J connectivity index is 2.72. The number of nitrogens with zero attached hydrogens (tertiary/aromatic N) is 4. The van der Waals surface area contributed by atoms with Crippen LogP contribution in [0.1, 0.15) is 27.2 Å². The molecule has 0 saturated carbocycles. The van der Waals surface area contributed by atoms with Crippen LogP contribution in [-0.2, 0) is 9.47 Å². The van der Waals surface area contributed by atoms with Gasteiger partial charge in [-0.25, -0.2) is 9.59 Å². The molecule has 112 valence electrons. The van der Waals surface area contributed by atoms with Gasteiger partial charge < -0.3 is 20.1 Å². The van der Waals surface area contributed by atoms with E-state index in [1.54, 1.807) is 20.8 Å². The predicted octanol–water partition coefficient (Wildman–Crippen LogP) is 1.77. The highest BCUT2D eigenvalue weighted by atomic mass is 16.6. The largest absolute Gasteiger partial charge is 0.444 e. The summed E-state index contributed by atoms with van der Waals surface area (Å²) in [6.07, 6.45) is -1.86. The van der Waals surface area contributed by atoms with E-state index in [0.29, 0.717) is 13.0 Å². The zero-order chi connectivity index (χ0) is 15.3. The van der Waals surface area contributed by atoms with Crippen LogP contribution >= 0.6 is 0 Å². The fourth-order valence-corrected chi connectivity index (χ4v) is 1.86. The lowest BCUT2D eigenvalue weighted by Gasteiger charge is -2.36. The molecule has 2 N–H and O–H groups in total. The molecule has 9 nitrogen and oxygen atoms in total. The topological polar surface area (TPSA) is 131 Å². The van der Waals surface area contributed by atoms with E-state index >= 15 is 0 Å². The van der Waals surface area contributed by atoms with E-state index in [1.807, 2.05) is 0 Å². The number of hydrogen-bond acceptors (Lipinski definition) is 5. The molecule has 1 aliphatic rings. The number of rotatable bonds is 2. The second-order valence-electron chi connectivity index (χ2n) is 5.46. The van der Waals surface area contributed by atoms with Gasteiger partial charge in [0.15, 0.2) is 0 Å². The van der Waals surface area contributed by atoms with E-state index in [1.165, 1.54) is 4.90 Å². The van der Waals surface area contributed by atoms with Gasteiger partial charge in [0.25, 0.3) is 0 Å². The maximum absolute atomic E-state index is 11.9. The quantitative estimate of drug-likeness (QED) is 0.470. The van der Waals surface area contributed by atoms with Crippen LogP contribution in [0.25, 0.3) is 10.4 Å². The zero-order valence-electron chi connectivity index (χ0n) is 11.8. The van der Waals surface area contributed by atoms with Gasteiger partial charge in [-0.3, -0.25) is 0 Å². The van der Waals surface area contributed by atoms with Crippen molar-refractivity contribution in [3.63, 3.8) is 0 Å². The number of primary amides is 1. The molecule has 2 amide bonds. The molecule has 1 rings (SSSR count). The number of carbonyl (C=O) groups excluding carboxylic acids is 2. The van der Waals surface area contributed by atoms with E-state index in [-0.39, 0.29) is 6.54 Å². The minimum atomic E-state index is -0.973. The summed E-state index contributed by atoms with van der Waals surface area (Å²) >= 11 is 0. The number of ether oxygens (including phenoxy) is 2. The number of azide groups is 1. The first-order chi connectivity index (χ1) is 9.23. The van der Waals surface area contributed by atoms with E-state index in [9.17, 15) is 9.59 Å². The van der Waals surface area contributed by atoms with Crippen LogP contribution in [0.3, 0.4) is 0 Å². The smallest absolute Gasteiger partial charge is 0.410 e. The number of carbonyl (C=O) groups is 2. The van der Waals surface area contributed by atoms with Gasteiger partial charge >= 0.3 is 12.2 Å². The highest BCUT2D eigenvalue weighted by Gasteiger charge is 2.35. The molecular formula is C11H19N5O4. The van der Waals surface area contributed by atoms with Crippen molar-refractivity contribution in [1.82, 2.24) is 4.90 Å². The van der Waals surface area contributed by atoms with Crippen molar-refractivity contribution in [2.75, 3.05) is 13.1 Å². The molecule has 1 fully saturated rings. The minimum Gasteiger partial charge on any atom is -0.444 e. The molecule has 20 heavy (non-hydrogen) atoms. The summed E-state index contributed by atoms with van der Waals surface area (Å²) in [5.74, 6) is 0. The molecule has 0 radical (unpaired) electrons. The highest BCUT2D eigenvalue weighted by Crippen LogP contribution is 2.20. The third-order valence-corrected chi connectivity index (χ3v) is 2.64. The molecule has 9 heteroatoms. The summed E-state index contributed by atoms with van der Waals surface area (Å²) in [5, 5.41) is 3.56. The van der Waals surface area contributed by atoms with Gasteiger partial charge in [0.1, 0.15) is 11.7 Å². The van der Waals surface area contributed by atoms with E-state index in [4.69, 9.17) is 20.7 Å². The summed E-state index contributed by atoms with van der Waals surface area (Å²) in [5.41, 5.74) is 12.8. The van der Waals surface area contributed by atoms with Crippen LogP contribution < -0.4 is 5.73 Å². The lowest BCUT2D eigenvalue weighted by Crippen LogP contribution is -2.51. The molecule has 0 unspecified atom stereocenters. The molecule has 1 heterocycles. The average Bonchev–Trinajstić information content (AvgIpc) is 2.28. The predicted molar refractivity (Wildman–Crippen MR) is 69.8 cm³/mol. The van der Waals surface area contributed by atoms with E-state index in [2.05, 4.69) is 10.0 Å². The summed E-state index contributed by atoms with van der Waals surface area (Å²) in [7, 11) is 0. The number of nitrogens with two attached hydrogens (primary N) is 1. The fourth-order valence-electron chi connectivity index (χ4n) is 1.86. The van der Waals surface area contributed by atoms with Crippen molar-refractivity contribution in [1.29, 1.82) is 0 Å². The minimum absolute atomic E-state index is 0.0849. The Morgan fingerprint density at radius 3 is 2.60 bits per heavy atom. The van der Waals surface area contributed by atoms with Gasteiger partial charge in [0, 0.05) is 11.5 Å². The van der Waals surface area contributed by atoms with Crippen LogP contribution in [0.4, 0.5) is 9.59 Å². The molecular weight excluding hydrogens is 266 g/mol.